The van der Waals surface area contributed by atoms with Crippen LogP contribution < -0.4 is 0 Å². The van der Waals surface area contributed by atoms with Crippen molar-refractivity contribution in [2.75, 3.05) is 6.26 Å². The SMILES string of the molecule is CS(=O)(=O)N(Br)Br. The van der Waals surface area contributed by atoms with Gasteiger partial charge in [-0.25, -0.2) is 8.42 Å². The van der Waals surface area contributed by atoms with Crippen LogP contribution in [0.3, 0.4) is 0 Å². The Balaban J connectivity index is 4.10. The molecule has 0 radical (unpaired) electrons. The fourth-order valence-electron chi connectivity index (χ4n) is 0. The number of rotatable bonds is 1. The van der Waals surface area contributed by atoms with Crippen molar-refractivity contribution in [3.05, 3.63) is 0 Å². The molecule has 0 amide bonds. The Hall–Kier alpha value is 0.870. The Labute approximate surface area is 59.4 Å². The average Bonchev–Trinajstić information content (AvgIpc) is 1.31. The second kappa shape index (κ2) is 2.43. The second-order valence-electron chi connectivity index (χ2n) is 0.935. The topological polar surface area (TPSA) is 37.4 Å². The van der Waals surface area contributed by atoms with Crippen molar-refractivity contribution < 1.29 is 8.42 Å². The molecule has 0 rings (SSSR count). The van der Waals surface area contributed by atoms with E-state index in [-0.39, 0.29) is 0 Å². The highest BCUT2D eigenvalue weighted by Crippen LogP contribution is 2.09. The molecule has 6 heteroatoms. The van der Waals surface area contributed by atoms with Crippen LogP contribution in [0, 0.1) is 0 Å². The monoisotopic (exact) mass is 251 g/mol. The molecule has 0 fully saturated rings. The molecule has 0 atom stereocenters. The predicted octanol–water partition coefficient (Wildman–Crippen LogP) is 0.868. The summed E-state index contributed by atoms with van der Waals surface area (Å²) in [4.78, 5) is 0. The molecule has 7 heavy (non-hydrogen) atoms. The lowest BCUT2D eigenvalue weighted by Gasteiger charge is -1.96. The first-order valence-electron chi connectivity index (χ1n) is 1.26. The molecule has 0 saturated heterocycles. The molecular formula is CH3Br2NO2S. The zero-order chi connectivity index (χ0) is 6.08. The van der Waals surface area contributed by atoms with Crippen molar-refractivity contribution >= 4 is 42.3 Å². The van der Waals surface area contributed by atoms with Crippen molar-refractivity contribution in [1.29, 1.82) is 0 Å². The molecule has 0 unspecified atom stereocenters. The molecule has 0 aromatic rings. The number of halogens is 2. The van der Waals surface area contributed by atoms with Crippen LogP contribution in [0.25, 0.3) is 0 Å². The Morgan fingerprint density at radius 3 is 1.57 bits per heavy atom. The van der Waals surface area contributed by atoms with Crippen LogP contribution in [-0.2, 0) is 10.0 Å². The Bertz CT molecular complexity index is 138. The van der Waals surface area contributed by atoms with Gasteiger partial charge in [-0.2, -0.15) is 0 Å². The third kappa shape index (κ3) is 3.45. The van der Waals surface area contributed by atoms with Crippen LogP contribution in [0.1, 0.15) is 0 Å². The molecule has 0 bridgehead atoms. The second-order valence-corrected chi connectivity index (χ2v) is 6.08. The molecule has 0 spiro atoms. The molecule has 0 heterocycles. The summed E-state index contributed by atoms with van der Waals surface area (Å²) in [5.41, 5.74) is 0. The highest BCUT2D eigenvalue weighted by atomic mass is 79.9. The van der Waals surface area contributed by atoms with Crippen LogP contribution in [0.5, 0.6) is 0 Å². The lowest BCUT2D eigenvalue weighted by Crippen LogP contribution is -2.06. The van der Waals surface area contributed by atoms with Crippen molar-refractivity contribution in [3.8, 4) is 0 Å². The molecule has 44 valence electrons. The van der Waals surface area contributed by atoms with Crippen molar-refractivity contribution in [3.63, 3.8) is 0 Å². The van der Waals surface area contributed by atoms with Gasteiger partial charge in [0.2, 0.25) is 10.0 Å². The minimum Gasteiger partial charge on any atom is -0.211 e. The van der Waals surface area contributed by atoms with Gasteiger partial charge >= 0.3 is 0 Å². The van der Waals surface area contributed by atoms with E-state index >= 15 is 0 Å². The first-order valence-corrected chi connectivity index (χ1v) is 4.53. The summed E-state index contributed by atoms with van der Waals surface area (Å²) in [6.07, 6.45) is 1.07. The Kier molecular flexibility index (Phi) is 2.73. The molecule has 0 aliphatic rings. The van der Waals surface area contributed by atoms with Gasteiger partial charge in [0.1, 0.15) is 0 Å². The van der Waals surface area contributed by atoms with Gasteiger partial charge in [0.05, 0.1) is 6.26 Å². The maximum Gasteiger partial charge on any atom is 0.230 e. The van der Waals surface area contributed by atoms with Crippen LogP contribution in [0.4, 0.5) is 0 Å². The average molecular weight is 253 g/mol. The van der Waals surface area contributed by atoms with Gasteiger partial charge in [0.25, 0.3) is 0 Å². The summed E-state index contributed by atoms with van der Waals surface area (Å²) in [6.45, 7) is 0. The quantitative estimate of drug-likeness (QED) is 0.650. The van der Waals surface area contributed by atoms with E-state index in [9.17, 15) is 8.42 Å². The molecule has 0 aromatic heterocycles. The molecular weight excluding hydrogens is 250 g/mol. The van der Waals surface area contributed by atoms with E-state index in [0.29, 0.717) is 0 Å². The molecule has 0 aliphatic carbocycles. The van der Waals surface area contributed by atoms with Gasteiger partial charge in [0, 0.05) is 32.3 Å². The summed E-state index contributed by atoms with van der Waals surface area (Å²) >= 11 is 5.31. The van der Waals surface area contributed by atoms with Crippen LogP contribution >= 0.6 is 32.3 Å². The Morgan fingerprint density at radius 2 is 1.57 bits per heavy atom. The summed E-state index contributed by atoms with van der Waals surface area (Å²) in [5.74, 6) is 0. The van der Waals surface area contributed by atoms with Gasteiger partial charge < -0.3 is 0 Å². The highest BCUT2D eigenvalue weighted by Gasteiger charge is 2.06. The number of hydrogen-bond donors (Lipinski definition) is 0. The van der Waals surface area contributed by atoms with Crippen LogP contribution in [0.2, 0.25) is 0 Å². The fourth-order valence-corrected chi connectivity index (χ4v) is 0. The molecule has 0 aromatic carbocycles. The van der Waals surface area contributed by atoms with Crippen molar-refractivity contribution in [2.45, 2.75) is 0 Å². The van der Waals surface area contributed by atoms with E-state index in [0.717, 1.165) is 8.61 Å². The molecule has 0 N–H and O–H groups in total. The van der Waals surface area contributed by atoms with E-state index in [1.54, 1.807) is 0 Å². The van der Waals surface area contributed by atoms with Crippen molar-refractivity contribution in [1.82, 2.24) is 2.36 Å². The minimum atomic E-state index is -3.07. The highest BCUT2D eigenvalue weighted by molar-refractivity contribution is 9.22. The lowest BCUT2D eigenvalue weighted by molar-refractivity contribution is 0.591. The normalized spacial score (nSPS) is 12.6. The summed E-state index contributed by atoms with van der Waals surface area (Å²) in [5, 5.41) is 0. The Morgan fingerprint density at radius 1 is 1.43 bits per heavy atom. The third-order valence-corrected chi connectivity index (χ3v) is 3.91. The van der Waals surface area contributed by atoms with Gasteiger partial charge in [-0.05, 0) is 0 Å². The smallest absolute Gasteiger partial charge is 0.211 e. The van der Waals surface area contributed by atoms with Crippen LogP contribution in [-0.4, -0.2) is 17.0 Å². The van der Waals surface area contributed by atoms with Gasteiger partial charge in [-0.3, -0.25) is 0 Å². The number of nitrogens with zero attached hydrogens (tertiary/aromatic N) is 1. The fraction of sp³-hybridized carbons (Fsp3) is 1.00. The first kappa shape index (κ1) is 7.87. The van der Waals surface area contributed by atoms with E-state index in [1.165, 1.54) is 0 Å². The number of hydrogen-bond acceptors (Lipinski definition) is 2. The van der Waals surface area contributed by atoms with Gasteiger partial charge in [-0.1, -0.05) is 2.36 Å². The van der Waals surface area contributed by atoms with Crippen LogP contribution in [0.15, 0.2) is 0 Å². The predicted molar refractivity (Wildman–Crippen MR) is 34.5 cm³/mol. The summed E-state index contributed by atoms with van der Waals surface area (Å²) < 4.78 is 21.1. The molecule has 0 aliphatic heterocycles. The summed E-state index contributed by atoms with van der Waals surface area (Å²) in [6, 6.07) is 0. The van der Waals surface area contributed by atoms with E-state index in [4.69, 9.17) is 0 Å². The molecule has 3 nitrogen and oxygen atoms in total. The largest absolute Gasteiger partial charge is 0.230 e. The zero-order valence-electron chi connectivity index (χ0n) is 3.43. The first-order chi connectivity index (χ1) is 2.94. The van der Waals surface area contributed by atoms with Gasteiger partial charge in [0.15, 0.2) is 0 Å². The lowest BCUT2D eigenvalue weighted by atomic mass is 12.0. The summed E-state index contributed by atoms with van der Waals surface area (Å²) in [7, 11) is -3.07. The maximum atomic E-state index is 10.2. The van der Waals surface area contributed by atoms with Crippen molar-refractivity contribution in [2.24, 2.45) is 0 Å². The maximum absolute atomic E-state index is 10.2. The third-order valence-electron chi connectivity index (χ3n) is 0.251. The number of sulfonamides is 1. The van der Waals surface area contributed by atoms with E-state index in [2.05, 4.69) is 32.3 Å². The van der Waals surface area contributed by atoms with E-state index < -0.39 is 10.0 Å². The van der Waals surface area contributed by atoms with E-state index in [1.807, 2.05) is 0 Å². The zero-order valence-corrected chi connectivity index (χ0v) is 7.42. The minimum absolute atomic E-state index is 0.785. The van der Waals surface area contributed by atoms with Gasteiger partial charge in [-0.15, -0.1) is 0 Å². The molecule has 0 saturated carbocycles. The standard InChI is InChI=1S/CH3Br2NO2S/c1-7(5,6)4(2)3/h1H3.